The molecule has 0 spiro atoms. The van der Waals surface area contributed by atoms with Crippen LogP contribution in [0.2, 0.25) is 0 Å². The average Bonchev–Trinajstić information content (AvgIpc) is 3.93. The molecule has 0 aliphatic rings. The second-order valence-electron chi connectivity index (χ2n) is 15.0. The fourth-order valence-electron chi connectivity index (χ4n) is 9.36. The van der Waals surface area contributed by atoms with E-state index in [0.717, 1.165) is 77.0 Å². The normalized spacial score (nSPS) is 12.2. The van der Waals surface area contributed by atoms with E-state index in [2.05, 4.69) is 173 Å². The van der Waals surface area contributed by atoms with Gasteiger partial charge < -0.3 is 8.98 Å². The van der Waals surface area contributed by atoms with Gasteiger partial charge in [0.15, 0.2) is 0 Å². The molecule has 0 saturated carbocycles. The summed E-state index contributed by atoms with van der Waals surface area (Å²) in [6.07, 6.45) is 0. The van der Waals surface area contributed by atoms with Crippen LogP contribution in [-0.2, 0) is 0 Å². The van der Waals surface area contributed by atoms with Crippen molar-refractivity contribution in [1.29, 1.82) is 0 Å². The van der Waals surface area contributed by atoms with Crippen LogP contribution in [0.3, 0.4) is 0 Å². The van der Waals surface area contributed by atoms with Gasteiger partial charge in [-0.15, -0.1) is 0 Å². The summed E-state index contributed by atoms with van der Waals surface area (Å²) in [7, 11) is 0. The first-order valence-electron chi connectivity index (χ1n) is 19.3. The minimum Gasteiger partial charge on any atom is -0.455 e. The van der Waals surface area contributed by atoms with Gasteiger partial charge in [-0.25, -0.2) is 9.97 Å². The number of benzene rings is 9. The molecule has 0 fully saturated rings. The summed E-state index contributed by atoms with van der Waals surface area (Å²) in [4.78, 5) is 10.7. The minimum atomic E-state index is 0.621. The highest BCUT2D eigenvalue weighted by atomic mass is 16.3. The molecule has 0 amide bonds. The van der Waals surface area contributed by atoms with Crippen molar-refractivity contribution in [3.63, 3.8) is 0 Å². The van der Waals surface area contributed by atoms with Gasteiger partial charge in [-0.05, 0) is 70.8 Å². The lowest BCUT2D eigenvalue weighted by molar-refractivity contribution is 0.670. The molecule has 0 atom stereocenters. The zero-order valence-corrected chi connectivity index (χ0v) is 30.5. The molecular formula is C52H30N4O. The Kier molecular flexibility index (Phi) is 6.10. The molecule has 4 aromatic heterocycles. The van der Waals surface area contributed by atoms with Gasteiger partial charge in [-0.2, -0.15) is 0 Å². The molecule has 4 heterocycles. The van der Waals surface area contributed by atoms with Crippen molar-refractivity contribution in [3.8, 4) is 22.9 Å². The standard InChI is InChI=1S/C52H30N4O/c1-2-13-35-31(12-1)25-27-39-36-14-4-8-21-45(36)55(50(35)39)34-26-24-32-30-47-43(29-33(32)28-34)37-15-5-9-22-46(37)56(47)52-53-44-20-7-3-17-41(44)49(54-52)42-19-11-18-40-38-16-6-10-23-48(38)57-51(40)42/h1-30H. The molecule has 13 aromatic rings. The Morgan fingerprint density at radius 1 is 0.386 bits per heavy atom. The number of hydrogen-bond donors (Lipinski definition) is 0. The topological polar surface area (TPSA) is 48.8 Å². The number of nitrogens with zero attached hydrogens (tertiary/aromatic N) is 4. The van der Waals surface area contributed by atoms with Gasteiger partial charge in [0.25, 0.3) is 0 Å². The van der Waals surface area contributed by atoms with Crippen LogP contribution in [0.15, 0.2) is 186 Å². The largest absolute Gasteiger partial charge is 0.455 e. The Bertz CT molecular complexity index is 3830. The van der Waals surface area contributed by atoms with Crippen molar-refractivity contribution < 1.29 is 4.42 Å². The lowest BCUT2D eigenvalue weighted by atomic mass is 10.0. The summed E-state index contributed by atoms with van der Waals surface area (Å²) in [5, 5.41) is 12.8. The first-order valence-corrected chi connectivity index (χ1v) is 19.3. The summed E-state index contributed by atoms with van der Waals surface area (Å²) >= 11 is 0. The van der Waals surface area contributed by atoms with E-state index in [1.54, 1.807) is 0 Å². The Hall–Kier alpha value is -7.76. The molecule has 0 aliphatic carbocycles. The quantitative estimate of drug-likeness (QED) is 0.182. The number of furan rings is 1. The first-order chi connectivity index (χ1) is 28.3. The highest BCUT2D eigenvalue weighted by Gasteiger charge is 2.21. The fourth-order valence-corrected chi connectivity index (χ4v) is 9.36. The Morgan fingerprint density at radius 3 is 1.95 bits per heavy atom. The monoisotopic (exact) mass is 726 g/mol. The van der Waals surface area contributed by atoms with Crippen LogP contribution in [-0.4, -0.2) is 19.1 Å². The van der Waals surface area contributed by atoms with Gasteiger partial charge in [0, 0.05) is 54.3 Å². The molecule has 5 nitrogen and oxygen atoms in total. The Morgan fingerprint density at radius 2 is 1.07 bits per heavy atom. The minimum absolute atomic E-state index is 0.621. The predicted octanol–water partition coefficient (Wildman–Crippen LogP) is 13.7. The van der Waals surface area contributed by atoms with Crippen molar-refractivity contribution in [3.05, 3.63) is 182 Å². The first kappa shape index (κ1) is 30.6. The highest BCUT2D eigenvalue weighted by molar-refractivity contribution is 6.19. The highest BCUT2D eigenvalue weighted by Crippen LogP contribution is 2.41. The van der Waals surface area contributed by atoms with Crippen LogP contribution < -0.4 is 0 Å². The van der Waals surface area contributed by atoms with Gasteiger partial charge >= 0.3 is 0 Å². The van der Waals surface area contributed by atoms with E-state index in [1.165, 1.54) is 38.0 Å². The average molecular weight is 727 g/mol. The van der Waals surface area contributed by atoms with Gasteiger partial charge in [-0.3, -0.25) is 4.57 Å². The maximum Gasteiger partial charge on any atom is 0.235 e. The predicted molar refractivity (Wildman–Crippen MR) is 236 cm³/mol. The number of aromatic nitrogens is 4. The van der Waals surface area contributed by atoms with E-state index < -0.39 is 0 Å². The van der Waals surface area contributed by atoms with Crippen LogP contribution in [0, 0.1) is 0 Å². The molecule has 0 saturated heterocycles. The molecule has 5 heteroatoms. The van der Waals surface area contributed by atoms with Crippen molar-refractivity contribution in [2.45, 2.75) is 0 Å². The van der Waals surface area contributed by atoms with Crippen molar-refractivity contribution in [1.82, 2.24) is 19.1 Å². The second kappa shape index (κ2) is 11.4. The lowest BCUT2D eigenvalue weighted by Gasteiger charge is -2.13. The Labute approximate surface area is 325 Å². The van der Waals surface area contributed by atoms with E-state index >= 15 is 0 Å². The number of para-hydroxylation sites is 5. The third-order valence-corrected chi connectivity index (χ3v) is 11.9. The SMILES string of the molecule is c1ccc2c(c1)ccc1c3ccccc3n(-c3ccc4cc5c(cc4c3)c3ccccc3n5-c3nc(-c4cccc5c4oc4ccccc45)c4ccccc4n3)c21. The van der Waals surface area contributed by atoms with Crippen LogP contribution >= 0.6 is 0 Å². The van der Waals surface area contributed by atoms with Crippen LogP contribution in [0.25, 0.3) is 121 Å². The second-order valence-corrected chi connectivity index (χ2v) is 15.0. The van der Waals surface area contributed by atoms with Crippen LogP contribution in [0.5, 0.6) is 0 Å². The van der Waals surface area contributed by atoms with Crippen LogP contribution in [0.1, 0.15) is 0 Å². The number of rotatable bonds is 3. The smallest absolute Gasteiger partial charge is 0.235 e. The van der Waals surface area contributed by atoms with Crippen molar-refractivity contribution in [2.24, 2.45) is 0 Å². The van der Waals surface area contributed by atoms with Gasteiger partial charge in [0.1, 0.15) is 11.2 Å². The molecule has 0 unspecified atom stereocenters. The van der Waals surface area contributed by atoms with E-state index in [9.17, 15) is 0 Å². The van der Waals surface area contributed by atoms with E-state index in [1.807, 2.05) is 18.2 Å². The van der Waals surface area contributed by atoms with Crippen molar-refractivity contribution >= 4 is 98.0 Å². The molecule has 0 radical (unpaired) electrons. The summed E-state index contributed by atoms with van der Waals surface area (Å²) < 4.78 is 11.2. The summed E-state index contributed by atoms with van der Waals surface area (Å²) in [5.41, 5.74) is 10.0. The maximum atomic E-state index is 6.54. The number of hydrogen-bond acceptors (Lipinski definition) is 3. The van der Waals surface area contributed by atoms with Crippen LogP contribution in [0.4, 0.5) is 0 Å². The zero-order valence-electron chi connectivity index (χ0n) is 30.5. The summed E-state index contributed by atoms with van der Waals surface area (Å²) in [5.74, 6) is 0.621. The molecule has 0 aliphatic heterocycles. The number of fused-ring (bicyclic) bond motifs is 13. The molecule has 264 valence electrons. The maximum absolute atomic E-state index is 6.54. The summed E-state index contributed by atoms with van der Waals surface area (Å²) in [6.45, 7) is 0. The van der Waals surface area contributed by atoms with E-state index in [-0.39, 0.29) is 0 Å². The Balaban J connectivity index is 1.06. The molecule has 9 aromatic carbocycles. The summed E-state index contributed by atoms with van der Waals surface area (Å²) in [6, 6.07) is 64.9. The molecule has 57 heavy (non-hydrogen) atoms. The lowest BCUT2D eigenvalue weighted by Crippen LogP contribution is -2.03. The van der Waals surface area contributed by atoms with E-state index in [0.29, 0.717) is 5.95 Å². The van der Waals surface area contributed by atoms with Crippen molar-refractivity contribution in [2.75, 3.05) is 0 Å². The van der Waals surface area contributed by atoms with E-state index in [4.69, 9.17) is 14.4 Å². The van der Waals surface area contributed by atoms with Gasteiger partial charge in [0.05, 0.1) is 33.3 Å². The third kappa shape index (κ3) is 4.28. The van der Waals surface area contributed by atoms with Gasteiger partial charge in [-0.1, -0.05) is 127 Å². The molecule has 0 bridgehead atoms. The molecular weight excluding hydrogens is 697 g/mol. The fraction of sp³-hybridized carbons (Fsp3) is 0. The van der Waals surface area contributed by atoms with Gasteiger partial charge in [0.2, 0.25) is 5.95 Å². The molecule has 13 rings (SSSR count). The molecule has 0 N–H and O–H groups in total. The zero-order chi connectivity index (χ0) is 37.2. The third-order valence-electron chi connectivity index (χ3n) is 11.9.